The highest BCUT2D eigenvalue weighted by Crippen LogP contribution is 2.11. The molecule has 0 bridgehead atoms. The van der Waals surface area contributed by atoms with Gasteiger partial charge in [0.25, 0.3) is 0 Å². The lowest BCUT2D eigenvalue weighted by Gasteiger charge is -2.18. The number of aromatic nitrogens is 1. The van der Waals surface area contributed by atoms with Crippen molar-refractivity contribution in [3.8, 4) is 0 Å². The maximum Gasteiger partial charge on any atom is 0.354 e. The number of aromatic carboxylic acids is 1. The summed E-state index contributed by atoms with van der Waals surface area (Å²) >= 11 is 0. The van der Waals surface area contributed by atoms with Crippen molar-refractivity contribution in [3.63, 3.8) is 0 Å². The van der Waals surface area contributed by atoms with E-state index in [4.69, 9.17) is 5.11 Å². The number of rotatable bonds is 5. The minimum Gasteiger partial charge on any atom is -0.477 e. The molecule has 0 amide bonds. The molecule has 6 nitrogen and oxygen atoms in total. The average Bonchev–Trinajstić information content (AvgIpc) is 2.25. The molecule has 17 heavy (non-hydrogen) atoms. The molecule has 0 unspecified atom stereocenters. The van der Waals surface area contributed by atoms with Gasteiger partial charge in [0.05, 0.1) is 17.6 Å². The molecule has 0 atom stereocenters. The highest BCUT2D eigenvalue weighted by Gasteiger charge is 2.08. The van der Waals surface area contributed by atoms with E-state index in [9.17, 15) is 13.2 Å². The number of carbonyl (C=O) groups is 1. The summed E-state index contributed by atoms with van der Waals surface area (Å²) in [6.45, 7) is 0.340. The Morgan fingerprint density at radius 1 is 1.47 bits per heavy atom. The van der Waals surface area contributed by atoms with E-state index in [1.165, 1.54) is 18.5 Å². The highest BCUT2D eigenvalue weighted by molar-refractivity contribution is 7.90. The first-order chi connectivity index (χ1) is 7.79. The Morgan fingerprint density at radius 2 is 2.12 bits per heavy atom. The molecule has 1 heterocycles. The van der Waals surface area contributed by atoms with E-state index in [1.807, 2.05) is 0 Å². The molecule has 7 heteroatoms. The number of hydrogen-bond acceptors (Lipinski definition) is 5. The lowest BCUT2D eigenvalue weighted by Crippen LogP contribution is -2.25. The van der Waals surface area contributed by atoms with Gasteiger partial charge in [-0.05, 0) is 12.1 Å². The van der Waals surface area contributed by atoms with Gasteiger partial charge in [-0.15, -0.1) is 0 Å². The summed E-state index contributed by atoms with van der Waals surface area (Å²) < 4.78 is 22.0. The van der Waals surface area contributed by atoms with Crippen LogP contribution in [0.3, 0.4) is 0 Å². The predicted molar refractivity (Wildman–Crippen MR) is 64.2 cm³/mol. The lowest BCUT2D eigenvalue weighted by molar-refractivity contribution is 0.0690. The third-order valence-electron chi connectivity index (χ3n) is 2.21. The van der Waals surface area contributed by atoms with E-state index < -0.39 is 15.8 Å². The van der Waals surface area contributed by atoms with Crippen LogP contribution in [0.1, 0.15) is 10.5 Å². The third kappa shape index (κ3) is 4.39. The molecule has 1 aromatic heterocycles. The van der Waals surface area contributed by atoms with Gasteiger partial charge in [0.1, 0.15) is 15.5 Å². The molecular weight excluding hydrogens is 244 g/mol. The van der Waals surface area contributed by atoms with E-state index in [0.29, 0.717) is 12.2 Å². The smallest absolute Gasteiger partial charge is 0.354 e. The number of sulfone groups is 1. The maximum absolute atomic E-state index is 11.0. The Labute approximate surface area is 99.8 Å². The van der Waals surface area contributed by atoms with Crippen molar-refractivity contribution in [2.24, 2.45) is 0 Å². The number of nitrogens with zero attached hydrogens (tertiary/aromatic N) is 2. The normalized spacial score (nSPS) is 11.2. The van der Waals surface area contributed by atoms with Crippen LogP contribution in [0.25, 0.3) is 0 Å². The third-order valence-corrected chi connectivity index (χ3v) is 3.13. The first-order valence-electron chi connectivity index (χ1n) is 4.88. The second-order valence-corrected chi connectivity index (χ2v) is 6.02. The average molecular weight is 258 g/mol. The molecule has 0 fully saturated rings. The van der Waals surface area contributed by atoms with Gasteiger partial charge in [-0.25, -0.2) is 18.2 Å². The summed E-state index contributed by atoms with van der Waals surface area (Å²) in [7, 11) is -1.28. The minimum absolute atomic E-state index is 0.0368. The van der Waals surface area contributed by atoms with Crippen LogP contribution in [0, 0.1) is 0 Å². The summed E-state index contributed by atoms with van der Waals surface area (Å²) in [5.74, 6) is -1.04. The first kappa shape index (κ1) is 13.4. The number of hydrogen-bond donors (Lipinski definition) is 1. The Morgan fingerprint density at radius 3 is 2.53 bits per heavy atom. The number of carboxylic acids is 1. The van der Waals surface area contributed by atoms with Crippen molar-refractivity contribution >= 4 is 21.5 Å². The zero-order chi connectivity index (χ0) is 13.1. The lowest BCUT2D eigenvalue weighted by atomic mass is 10.3. The van der Waals surface area contributed by atoms with E-state index >= 15 is 0 Å². The van der Waals surface area contributed by atoms with E-state index in [-0.39, 0.29) is 11.4 Å². The molecule has 0 aliphatic carbocycles. The van der Waals surface area contributed by atoms with Gasteiger partial charge >= 0.3 is 5.97 Å². The molecule has 1 aromatic rings. The summed E-state index contributed by atoms with van der Waals surface area (Å²) in [5.41, 5.74) is 0.643. The number of anilines is 1. The van der Waals surface area contributed by atoms with Crippen LogP contribution >= 0.6 is 0 Å². The van der Waals surface area contributed by atoms with Crippen LogP contribution in [0.15, 0.2) is 18.3 Å². The molecule has 1 N–H and O–H groups in total. The Balaban J connectivity index is 2.70. The van der Waals surface area contributed by atoms with Crippen molar-refractivity contribution < 1.29 is 18.3 Å². The molecule has 0 aliphatic heterocycles. The minimum atomic E-state index is -3.00. The standard InChI is InChI=1S/C10H14N2O4S/c1-12(5-6-17(2,15)16)8-3-4-9(10(13)14)11-7-8/h3-4,7H,5-6H2,1-2H3,(H,13,14). The summed E-state index contributed by atoms with van der Waals surface area (Å²) in [6, 6.07) is 2.98. The van der Waals surface area contributed by atoms with E-state index in [1.54, 1.807) is 18.0 Å². The van der Waals surface area contributed by atoms with Crippen molar-refractivity contribution in [1.29, 1.82) is 0 Å². The zero-order valence-electron chi connectivity index (χ0n) is 9.62. The molecule has 94 valence electrons. The second-order valence-electron chi connectivity index (χ2n) is 3.76. The second kappa shape index (κ2) is 5.13. The fourth-order valence-electron chi connectivity index (χ4n) is 1.17. The monoisotopic (exact) mass is 258 g/mol. The Hall–Kier alpha value is -1.63. The van der Waals surface area contributed by atoms with Crippen LogP contribution in [-0.4, -0.2) is 50.1 Å². The fraction of sp³-hybridized carbons (Fsp3) is 0.400. The number of carboxylic acid groups (broad SMARTS) is 1. The highest BCUT2D eigenvalue weighted by atomic mass is 32.2. The van der Waals surface area contributed by atoms with Crippen LogP contribution in [0.4, 0.5) is 5.69 Å². The zero-order valence-corrected chi connectivity index (χ0v) is 10.4. The van der Waals surface area contributed by atoms with Crippen LogP contribution < -0.4 is 4.90 Å². The molecule has 0 radical (unpaired) electrons. The summed E-state index contributed by atoms with van der Waals surface area (Å²) in [5, 5.41) is 8.67. The van der Waals surface area contributed by atoms with Crippen LogP contribution in [0.5, 0.6) is 0 Å². The van der Waals surface area contributed by atoms with E-state index in [2.05, 4.69) is 4.98 Å². The molecule has 0 aromatic carbocycles. The molecule has 0 spiro atoms. The van der Waals surface area contributed by atoms with Crippen molar-refractivity contribution in [1.82, 2.24) is 4.98 Å². The maximum atomic E-state index is 11.0. The van der Waals surface area contributed by atoms with Crippen LogP contribution in [-0.2, 0) is 9.84 Å². The quantitative estimate of drug-likeness (QED) is 0.815. The Kier molecular flexibility index (Phi) is 4.06. The van der Waals surface area contributed by atoms with Gasteiger partial charge in [-0.3, -0.25) is 0 Å². The SMILES string of the molecule is CN(CCS(C)(=O)=O)c1ccc(C(=O)O)nc1. The van der Waals surface area contributed by atoms with Crippen LogP contribution in [0.2, 0.25) is 0 Å². The van der Waals surface area contributed by atoms with Gasteiger partial charge in [0.2, 0.25) is 0 Å². The molecule has 0 aliphatic rings. The molecule has 1 rings (SSSR count). The van der Waals surface area contributed by atoms with Gasteiger partial charge in [-0.1, -0.05) is 0 Å². The summed E-state index contributed by atoms with van der Waals surface area (Å²) in [6.07, 6.45) is 2.58. The molecule has 0 saturated heterocycles. The topological polar surface area (TPSA) is 87.6 Å². The van der Waals surface area contributed by atoms with Gasteiger partial charge in [0.15, 0.2) is 0 Å². The predicted octanol–water partition coefficient (Wildman–Crippen LogP) is 0.261. The van der Waals surface area contributed by atoms with Crippen molar-refractivity contribution in [3.05, 3.63) is 24.0 Å². The Bertz CT molecular complexity index is 496. The van der Waals surface area contributed by atoms with Gasteiger partial charge in [-0.2, -0.15) is 0 Å². The largest absolute Gasteiger partial charge is 0.477 e. The van der Waals surface area contributed by atoms with Crippen molar-refractivity contribution in [2.45, 2.75) is 0 Å². The molecule has 0 saturated carbocycles. The molecular formula is C10H14N2O4S. The summed E-state index contributed by atoms with van der Waals surface area (Å²) in [4.78, 5) is 16.0. The first-order valence-corrected chi connectivity index (χ1v) is 6.94. The van der Waals surface area contributed by atoms with Crippen molar-refractivity contribution in [2.75, 3.05) is 30.5 Å². The van der Waals surface area contributed by atoms with Gasteiger partial charge in [0, 0.05) is 19.8 Å². The fourth-order valence-corrected chi connectivity index (χ4v) is 1.78. The van der Waals surface area contributed by atoms with E-state index in [0.717, 1.165) is 0 Å². The van der Waals surface area contributed by atoms with Gasteiger partial charge < -0.3 is 10.0 Å². The number of pyridine rings is 1.